The largest absolute Gasteiger partial charge is 0.472 e. The van der Waals surface area contributed by atoms with Crippen LogP contribution in [0.5, 0.6) is 0 Å². The first-order chi connectivity index (χ1) is 12.3. The smallest absolute Gasteiger partial charge is 0.257 e. The van der Waals surface area contributed by atoms with Gasteiger partial charge in [0.2, 0.25) is 0 Å². The average molecular weight is 333 g/mol. The zero-order chi connectivity index (χ0) is 16.9. The first-order valence-electron chi connectivity index (χ1n) is 8.12. The van der Waals surface area contributed by atoms with Crippen LogP contribution in [-0.2, 0) is 16.9 Å². The summed E-state index contributed by atoms with van der Waals surface area (Å²) in [5, 5.41) is 0. The highest BCUT2D eigenvalue weighted by atomic mass is 16.5. The number of carbonyl (C=O) groups is 1. The van der Waals surface area contributed by atoms with E-state index in [4.69, 9.17) is 9.15 Å². The van der Waals surface area contributed by atoms with Gasteiger partial charge in [0.25, 0.3) is 5.91 Å². The minimum atomic E-state index is -0.468. The number of rotatable bonds is 2. The van der Waals surface area contributed by atoms with E-state index in [0.717, 1.165) is 16.8 Å². The topological polar surface area (TPSA) is 68.5 Å². The predicted octanol–water partition coefficient (Wildman–Crippen LogP) is 2.62. The maximum Gasteiger partial charge on any atom is 0.257 e. The fraction of sp³-hybridized carbons (Fsp3) is 0.211. The Morgan fingerprint density at radius 2 is 2.00 bits per heavy atom. The highest BCUT2D eigenvalue weighted by Crippen LogP contribution is 2.43. The summed E-state index contributed by atoms with van der Waals surface area (Å²) < 4.78 is 11.0. The third-order valence-corrected chi connectivity index (χ3v) is 4.82. The van der Waals surface area contributed by atoms with E-state index in [1.165, 1.54) is 12.5 Å². The second-order valence-electron chi connectivity index (χ2n) is 6.38. The number of likely N-dealkylation sites (tertiary alicyclic amines) is 1. The van der Waals surface area contributed by atoms with Gasteiger partial charge in [0.05, 0.1) is 37.2 Å². The Morgan fingerprint density at radius 3 is 2.76 bits per heavy atom. The van der Waals surface area contributed by atoms with Crippen molar-refractivity contribution >= 4 is 5.91 Å². The van der Waals surface area contributed by atoms with Crippen LogP contribution < -0.4 is 0 Å². The Labute approximate surface area is 144 Å². The van der Waals surface area contributed by atoms with Crippen molar-refractivity contribution in [1.29, 1.82) is 0 Å². The Balaban J connectivity index is 1.39. The fourth-order valence-corrected chi connectivity index (χ4v) is 3.46. The molecule has 0 unspecified atom stereocenters. The Kier molecular flexibility index (Phi) is 3.02. The molecule has 1 aromatic carbocycles. The molecule has 1 fully saturated rings. The van der Waals surface area contributed by atoms with E-state index in [1.54, 1.807) is 11.0 Å². The standard InChI is InChI=1S/C19H15N3O3/c23-18(14-6-7-24-9-14)22-11-19(12-22)15-8-20-17(21-16(15)10-25-19)13-4-2-1-3-5-13/h1-9H,10-12H2. The number of benzene rings is 1. The molecule has 0 atom stereocenters. The Bertz CT molecular complexity index is 932. The lowest BCUT2D eigenvalue weighted by molar-refractivity contribution is -0.126. The summed E-state index contributed by atoms with van der Waals surface area (Å²) in [6, 6.07) is 11.6. The van der Waals surface area contributed by atoms with Gasteiger partial charge in [-0.15, -0.1) is 0 Å². The van der Waals surface area contributed by atoms with Crippen LogP contribution in [0.1, 0.15) is 21.6 Å². The SMILES string of the molecule is O=C(c1ccoc1)N1CC2(C1)OCc1nc(-c3ccccc3)ncc12. The van der Waals surface area contributed by atoms with Gasteiger partial charge in [-0.05, 0) is 6.07 Å². The van der Waals surface area contributed by atoms with Crippen LogP contribution in [0.25, 0.3) is 11.4 Å². The zero-order valence-electron chi connectivity index (χ0n) is 13.4. The van der Waals surface area contributed by atoms with Crippen molar-refractivity contribution in [2.75, 3.05) is 13.1 Å². The highest BCUT2D eigenvalue weighted by molar-refractivity contribution is 5.94. The van der Waals surface area contributed by atoms with Gasteiger partial charge in [-0.25, -0.2) is 9.97 Å². The molecule has 6 heteroatoms. The zero-order valence-corrected chi connectivity index (χ0v) is 13.4. The molecule has 5 rings (SSSR count). The molecule has 0 radical (unpaired) electrons. The van der Waals surface area contributed by atoms with Gasteiger partial charge in [-0.3, -0.25) is 4.79 Å². The molecule has 2 aliphatic heterocycles. The maximum atomic E-state index is 12.4. The summed E-state index contributed by atoms with van der Waals surface area (Å²) in [7, 11) is 0. The molecule has 2 aliphatic rings. The van der Waals surface area contributed by atoms with Crippen molar-refractivity contribution in [3.05, 3.63) is 71.9 Å². The van der Waals surface area contributed by atoms with Gasteiger partial charge >= 0.3 is 0 Å². The summed E-state index contributed by atoms with van der Waals surface area (Å²) in [4.78, 5) is 23.3. The number of aromatic nitrogens is 2. The van der Waals surface area contributed by atoms with Crippen molar-refractivity contribution in [3.8, 4) is 11.4 Å². The van der Waals surface area contributed by atoms with E-state index in [-0.39, 0.29) is 5.91 Å². The Hall–Kier alpha value is -2.99. The number of ether oxygens (including phenoxy) is 1. The average Bonchev–Trinajstić information content (AvgIpc) is 3.28. The van der Waals surface area contributed by atoms with Gasteiger partial charge < -0.3 is 14.1 Å². The van der Waals surface area contributed by atoms with Crippen LogP contribution in [0.3, 0.4) is 0 Å². The highest BCUT2D eigenvalue weighted by Gasteiger charge is 2.52. The van der Waals surface area contributed by atoms with Crippen LogP contribution in [0.2, 0.25) is 0 Å². The molecule has 4 heterocycles. The molecule has 6 nitrogen and oxygen atoms in total. The van der Waals surface area contributed by atoms with Crippen molar-refractivity contribution in [1.82, 2.24) is 14.9 Å². The summed E-state index contributed by atoms with van der Waals surface area (Å²) in [5.41, 5.74) is 2.97. The summed E-state index contributed by atoms with van der Waals surface area (Å²) >= 11 is 0. The van der Waals surface area contributed by atoms with Crippen LogP contribution in [0.4, 0.5) is 0 Å². The van der Waals surface area contributed by atoms with Crippen LogP contribution in [0, 0.1) is 0 Å². The summed E-state index contributed by atoms with van der Waals surface area (Å²) in [6.07, 6.45) is 4.81. The monoisotopic (exact) mass is 333 g/mol. The second-order valence-corrected chi connectivity index (χ2v) is 6.38. The lowest BCUT2D eigenvalue weighted by Gasteiger charge is -2.47. The van der Waals surface area contributed by atoms with Gasteiger partial charge in [0.1, 0.15) is 11.9 Å². The minimum absolute atomic E-state index is 0.0433. The van der Waals surface area contributed by atoms with Gasteiger partial charge in [-0.1, -0.05) is 30.3 Å². The minimum Gasteiger partial charge on any atom is -0.472 e. The maximum absolute atomic E-state index is 12.4. The molecule has 1 saturated heterocycles. The van der Waals surface area contributed by atoms with Gasteiger partial charge in [-0.2, -0.15) is 0 Å². The lowest BCUT2D eigenvalue weighted by atomic mass is 9.87. The summed E-state index contributed by atoms with van der Waals surface area (Å²) in [6.45, 7) is 1.47. The molecule has 0 N–H and O–H groups in total. The fourth-order valence-electron chi connectivity index (χ4n) is 3.46. The molecule has 0 bridgehead atoms. The van der Waals surface area contributed by atoms with E-state index < -0.39 is 5.60 Å². The number of hydrogen-bond acceptors (Lipinski definition) is 5. The van der Waals surface area contributed by atoms with Crippen molar-refractivity contribution in [2.24, 2.45) is 0 Å². The number of furan rings is 1. The molecule has 124 valence electrons. The Morgan fingerprint density at radius 1 is 1.16 bits per heavy atom. The number of carbonyl (C=O) groups excluding carboxylic acids is 1. The molecule has 0 aliphatic carbocycles. The molecule has 0 saturated carbocycles. The molecule has 1 amide bonds. The van der Waals surface area contributed by atoms with Gasteiger partial charge in [0.15, 0.2) is 5.82 Å². The van der Waals surface area contributed by atoms with Crippen molar-refractivity contribution in [2.45, 2.75) is 12.2 Å². The number of hydrogen-bond donors (Lipinski definition) is 0. The molecule has 3 aromatic rings. The normalized spacial score (nSPS) is 17.4. The van der Waals surface area contributed by atoms with E-state index in [2.05, 4.69) is 9.97 Å². The van der Waals surface area contributed by atoms with Crippen LogP contribution in [-0.4, -0.2) is 33.9 Å². The van der Waals surface area contributed by atoms with E-state index in [1.807, 2.05) is 36.5 Å². The van der Waals surface area contributed by atoms with E-state index >= 15 is 0 Å². The molecule has 25 heavy (non-hydrogen) atoms. The van der Waals surface area contributed by atoms with E-state index in [9.17, 15) is 4.79 Å². The third kappa shape index (κ3) is 2.18. The number of fused-ring (bicyclic) bond motifs is 2. The van der Waals surface area contributed by atoms with Crippen LogP contribution in [0.15, 0.2) is 59.5 Å². The molecular formula is C19H15N3O3. The number of nitrogens with zero attached hydrogens (tertiary/aromatic N) is 3. The molecular weight excluding hydrogens is 318 g/mol. The quantitative estimate of drug-likeness (QED) is 0.721. The molecule has 1 spiro atoms. The van der Waals surface area contributed by atoms with Crippen molar-refractivity contribution < 1.29 is 13.9 Å². The van der Waals surface area contributed by atoms with Crippen LogP contribution >= 0.6 is 0 Å². The van der Waals surface area contributed by atoms with Crippen molar-refractivity contribution in [3.63, 3.8) is 0 Å². The van der Waals surface area contributed by atoms with Gasteiger partial charge in [0, 0.05) is 17.3 Å². The first-order valence-corrected chi connectivity index (χ1v) is 8.12. The number of amides is 1. The first kappa shape index (κ1) is 14.4. The van der Waals surface area contributed by atoms with E-state index in [0.29, 0.717) is 31.1 Å². The second kappa shape index (κ2) is 5.26. The predicted molar refractivity (Wildman–Crippen MR) is 88.5 cm³/mol. The lowest BCUT2D eigenvalue weighted by Crippen LogP contribution is -2.61. The molecule has 2 aromatic heterocycles. The summed E-state index contributed by atoms with van der Waals surface area (Å²) in [5.74, 6) is 0.656. The third-order valence-electron chi connectivity index (χ3n) is 4.82.